The van der Waals surface area contributed by atoms with Gasteiger partial charge in [-0.1, -0.05) is 5.16 Å². The lowest BCUT2D eigenvalue weighted by atomic mass is 9.99. The first-order chi connectivity index (χ1) is 6.95. The van der Waals surface area contributed by atoms with E-state index in [1.807, 2.05) is 12.3 Å². The van der Waals surface area contributed by atoms with Gasteiger partial charge in [-0.25, -0.2) is 0 Å². The van der Waals surface area contributed by atoms with Crippen molar-refractivity contribution in [3.63, 3.8) is 0 Å². The second-order valence-electron chi connectivity index (χ2n) is 3.63. The van der Waals surface area contributed by atoms with Crippen molar-refractivity contribution in [1.82, 2.24) is 15.5 Å². The fourth-order valence-corrected chi connectivity index (χ4v) is 2.04. The molecule has 4 nitrogen and oxygen atoms in total. The third-order valence-electron chi connectivity index (χ3n) is 2.78. The van der Waals surface area contributed by atoms with Gasteiger partial charge in [0.1, 0.15) is 5.52 Å². The molecule has 0 aromatic carbocycles. The highest BCUT2D eigenvalue weighted by Gasteiger charge is 2.20. The molecular weight excluding hydrogens is 178 g/mol. The van der Waals surface area contributed by atoms with Crippen LogP contribution in [0.5, 0.6) is 0 Å². The molecule has 1 N–H and O–H groups in total. The number of rotatable bonds is 1. The van der Waals surface area contributed by atoms with E-state index < -0.39 is 0 Å². The zero-order valence-corrected chi connectivity index (χ0v) is 7.73. The number of hydrogen-bond donors (Lipinski definition) is 1. The highest BCUT2D eigenvalue weighted by Crippen LogP contribution is 2.27. The van der Waals surface area contributed by atoms with Crippen LogP contribution >= 0.6 is 0 Å². The van der Waals surface area contributed by atoms with E-state index in [1.165, 1.54) is 12.0 Å². The molecule has 72 valence electrons. The molecule has 3 heterocycles. The zero-order chi connectivity index (χ0) is 9.38. The number of nitrogens with zero attached hydrogens (tertiary/aromatic N) is 2. The van der Waals surface area contributed by atoms with E-state index in [0.717, 1.165) is 24.2 Å². The van der Waals surface area contributed by atoms with Crippen LogP contribution in [0.15, 0.2) is 23.0 Å². The summed E-state index contributed by atoms with van der Waals surface area (Å²) < 4.78 is 5.22. The van der Waals surface area contributed by atoms with Gasteiger partial charge in [0.25, 0.3) is 0 Å². The maximum atomic E-state index is 5.22. The Balaban J connectivity index is 2.14. The molecule has 3 rings (SSSR count). The Morgan fingerprint density at radius 2 is 2.50 bits per heavy atom. The van der Waals surface area contributed by atoms with E-state index in [9.17, 15) is 0 Å². The molecule has 0 amide bonds. The Kier molecular flexibility index (Phi) is 1.73. The molecule has 0 saturated carbocycles. The van der Waals surface area contributed by atoms with Crippen LogP contribution in [0, 0.1) is 0 Å². The maximum Gasteiger partial charge on any atom is 0.188 e. The van der Waals surface area contributed by atoms with Gasteiger partial charge in [-0.05, 0) is 19.0 Å². The fourth-order valence-electron chi connectivity index (χ4n) is 2.04. The normalized spacial score (nSPS) is 21.9. The number of pyridine rings is 1. The average molecular weight is 189 g/mol. The fraction of sp³-hybridized carbons (Fsp3) is 0.400. The van der Waals surface area contributed by atoms with Crippen molar-refractivity contribution in [3.05, 3.63) is 24.0 Å². The van der Waals surface area contributed by atoms with Crippen molar-refractivity contribution in [2.24, 2.45) is 0 Å². The number of fused-ring (bicyclic) bond motifs is 1. The predicted molar refractivity (Wildman–Crippen MR) is 52.0 cm³/mol. The minimum absolute atomic E-state index is 0.549. The van der Waals surface area contributed by atoms with Crippen molar-refractivity contribution in [2.75, 3.05) is 13.1 Å². The molecule has 1 saturated heterocycles. The van der Waals surface area contributed by atoms with Gasteiger partial charge < -0.3 is 9.84 Å². The summed E-state index contributed by atoms with van der Waals surface area (Å²) in [7, 11) is 0. The van der Waals surface area contributed by atoms with Gasteiger partial charge in [-0.2, -0.15) is 0 Å². The van der Waals surface area contributed by atoms with Crippen molar-refractivity contribution in [1.29, 1.82) is 0 Å². The summed E-state index contributed by atoms with van der Waals surface area (Å²) in [5.41, 5.74) is 2.94. The van der Waals surface area contributed by atoms with Gasteiger partial charge >= 0.3 is 0 Å². The van der Waals surface area contributed by atoms with Crippen LogP contribution in [0.2, 0.25) is 0 Å². The Labute approximate surface area is 81.3 Å². The van der Waals surface area contributed by atoms with Gasteiger partial charge in [0.2, 0.25) is 0 Å². The van der Waals surface area contributed by atoms with Crippen molar-refractivity contribution in [3.8, 4) is 0 Å². The molecule has 2 aromatic rings. The van der Waals surface area contributed by atoms with Crippen LogP contribution in [-0.4, -0.2) is 23.2 Å². The molecule has 0 aliphatic carbocycles. The van der Waals surface area contributed by atoms with Crippen LogP contribution < -0.4 is 5.32 Å². The quantitative estimate of drug-likeness (QED) is 0.734. The first-order valence-electron chi connectivity index (χ1n) is 4.85. The van der Waals surface area contributed by atoms with Crippen LogP contribution in [-0.2, 0) is 0 Å². The smallest absolute Gasteiger partial charge is 0.188 e. The highest BCUT2D eigenvalue weighted by molar-refractivity contribution is 5.75. The molecule has 0 radical (unpaired) electrons. The monoisotopic (exact) mass is 189 g/mol. The summed E-state index contributed by atoms with van der Waals surface area (Å²) in [5.74, 6) is 0.549. The molecule has 2 aromatic heterocycles. The Morgan fingerprint density at radius 3 is 3.36 bits per heavy atom. The van der Waals surface area contributed by atoms with Crippen LogP contribution in [0.25, 0.3) is 11.1 Å². The number of hydrogen-bond acceptors (Lipinski definition) is 4. The van der Waals surface area contributed by atoms with Crippen LogP contribution in [0.1, 0.15) is 17.9 Å². The summed E-state index contributed by atoms with van der Waals surface area (Å²) in [5, 5.41) is 7.12. The van der Waals surface area contributed by atoms with Gasteiger partial charge in [0.15, 0.2) is 5.58 Å². The van der Waals surface area contributed by atoms with Gasteiger partial charge in [0, 0.05) is 24.2 Å². The predicted octanol–water partition coefficient (Wildman–Crippen LogP) is 1.30. The summed E-state index contributed by atoms with van der Waals surface area (Å²) in [4.78, 5) is 4.20. The minimum atomic E-state index is 0.549. The Bertz CT molecular complexity index is 445. The first-order valence-corrected chi connectivity index (χ1v) is 4.85. The molecule has 14 heavy (non-hydrogen) atoms. The average Bonchev–Trinajstić information content (AvgIpc) is 2.88. The summed E-state index contributed by atoms with van der Waals surface area (Å²) in [6.07, 6.45) is 4.66. The second-order valence-corrected chi connectivity index (χ2v) is 3.63. The molecule has 4 heteroatoms. The minimum Gasteiger partial charge on any atom is -0.354 e. The molecule has 0 spiro atoms. The molecule has 1 aliphatic rings. The SMILES string of the molecule is c1cc(C2CCNC2)c2oncc2n1. The van der Waals surface area contributed by atoms with E-state index in [-0.39, 0.29) is 0 Å². The van der Waals surface area contributed by atoms with Crippen LogP contribution in [0.3, 0.4) is 0 Å². The third-order valence-corrected chi connectivity index (χ3v) is 2.78. The lowest BCUT2D eigenvalue weighted by molar-refractivity contribution is 0.452. The van der Waals surface area contributed by atoms with Gasteiger partial charge in [-0.3, -0.25) is 4.98 Å². The topological polar surface area (TPSA) is 51.0 Å². The Morgan fingerprint density at radius 1 is 1.50 bits per heavy atom. The van der Waals surface area contributed by atoms with Crippen molar-refractivity contribution >= 4 is 11.1 Å². The summed E-state index contributed by atoms with van der Waals surface area (Å²) in [6.45, 7) is 2.11. The number of nitrogens with one attached hydrogen (secondary N) is 1. The summed E-state index contributed by atoms with van der Waals surface area (Å²) in [6, 6.07) is 2.03. The standard InChI is InChI=1S/C10H11N3O/c1-3-11-5-7(1)8-2-4-12-9-6-13-14-10(8)9/h2,4,6-7,11H,1,3,5H2. The summed E-state index contributed by atoms with van der Waals surface area (Å²) >= 11 is 0. The van der Waals surface area contributed by atoms with E-state index >= 15 is 0 Å². The van der Waals surface area contributed by atoms with E-state index in [0.29, 0.717) is 5.92 Å². The largest absolute Gasteiger partial charge is 0.354 e. The van der Waals surface area contributed by atoms with E-state index in [4.69, 9.17) is 4.52 Å². The molecule has 1 atom stereocenters. The zero-order valence-electron chi connectivity index (χ0n) is 7.73. The van der Waals surface area contributed by atoms with Crippen molar-refractivity contribution in [2.45, 2.75) is 12.3 Å². The maximum absolute atomic E-state index is 5.22. The highest BCUT2D eigenvalue weighted by atomic mass is 16.5. The molecule has 1 aliphatic heterocycles. The van der Waals surface area contributed by atoms with Crippen molar-refractivity contribution < 1.29 is 4.52 Å². The molecular formula is C10H11N3O. The lowest BCUT2D eigenvalue weighted by Crippen LogP contribution is -2.08. The molecule has 1 unspecified atom stereocenters. The second kappa shape index (κ2) is 3.06. The third kappa shape index (κ3) is 1.11. The van der Waals surface area contributed by atoms with E-state index in [1.54, 1.807) is 6.20 Å². The first kappa shape index (κ1) is 7.94. The van der Waals surface area contributed by atoms with Gasteiger partial charge in [0.05, 0.1) is 6.20 Å². The molecule has 0 bridgehead atoms. The van der Waals surface area contributed by atoms with E-state index in [2.05, 4.69) is 15.5 Å². The molecule has 1 fully saturated rings. The lowest BCUT2D eigenvalue weighted by Gasteiger charge is -2.07. The van der Waals surface area contributed by atoms with Crippen LogP contribution in [0.4, 0.5) is 0 Å². The Hall–Kier alpha value is -1.42. The number of aromatic nitrogens is 2. The van der Waals surface area contributed by atoms with Gasteiger partial charge in [-0.15, -0.1) is 0 Å².